The molecule has 1 heterocycles. The second-order valence-corrected chi connectivity index (χ2v) is 6.57. The van der Waals surface area contributed by atoms with Gasteiger partial charge in [0.15, 0.2) is 0 Å². The van der Waals surface area contributed by atoms with Gasteiger partial charge in [-0.3, -0.25) is 4.90 Å². The molecule has 0 bridgehead atoms. The van der Waals surface area contributed by atoms with Gasteiger partial charge in [-0.2, -0.15) is 0 Å². The predicted octanol–water partition coefficient (Wildman–Crippen LogP) is 3.34. The van der Waals surface area contributed by atoms with Crippen molar-refractivity contribution in [2.45, 2.75) is 17.4 Å². The van der Waals surface area contributed by atoms with Crippen molar-refractivity contribution in [3.63, 3.8) is 0 Å². The molecule has 1 unspecified atom stereocenters. The van der Waals surface area contributed by atoms with E-state index >= 15 is 0 Å². The highest BCUT2D eigenvalue weighted by Gasteiger charge is 2.25. The summed E-state index contributed by atoms with van der Waals surface area (Å²) >= 11 is 1.93. The number of fused-ring (bicyclic) bond motifs is 1. The number of benzene rings is 2. The highest BCUT2D eigenvalue weighted by atomic mass is 32.2. The molecule has 0 fully saturated rings. The minimum atomic E-state index is 0.381. The zero-order valence-corrected chi connectivity index (χ0v) is 13.1. The maximum absolute atomic E-state index is 6.04. The Kier molecular flexibility index (Phi) is 4.96. The van der Waals surface area contributed by atoms with Crippen LogP contribution in [0.25, 0.3) is 0 Å². The third-order valence-corrected chi connectivity index (χ3v) is 5.13. The number of rotatable bonds is 5. The molecule has 1 aliphatic rings. The van der Waals surface area contributed by atoms with Crippen molar-refractivity contribution in [3.8, 4) is 0 Å². The number of nitrogens with zero attached hydrogens (tertiary/aromatic N) is 1. The predicted molar refractivity (Wildman–Crippen MR) is 90.7 cm³/mol. The molecule has 21 heavy (non-hydrogen) atoms. The van der Waals surface area contributed by atoms with Crippen LogP contribution in [0.15, 0.2) is 59.5 Å². The lowest BCUT2D eigenvalue weighted by molar-refractivity contribution is 0.202. The third-order valence-electron chi connectivity index (χ3n) is 4.14. The smallest absolute Gasteiger partial charge is 0.0473 e. The van der Waals surface area contributed by atoms with Crippen LogP contribution in [0.1, 0.15) is 17.2 Å². The van der Waals surface area contributed by atoms with Gasteiger partial charge in [0, 0.05) is 36.3 Å². The fourth-order valence-electron chi connectivity index (χ4n) is 3.04. The van der Waals surface area contributed by atoms with E-state index in [1.165, 1.54) is 16.0 Å². The van der Waals surface area contributed by atoms with E-state index < -0.39 is 0 Å². The number of hydrogen-bond donors (Lipinski definition) is 1. The lowest BCUT2D eigenvalue weighted by atomic mass is 9.93. The summed E-state index contributed by atoms with van der Waals surface area (Å²) in [4.78, 5) is 3.89. The Hall–Kier alpha value is -1.29. The van der Waals surface area contributed by atoms with Gasteiger partial charge in [0.25, 0.3) is 0 Å². The normalized spacial score (nSPS) is 18.4. The Labute approximate surface area is 131 Å². The summed E-state index contributed by atoms with van der Waals surface area (Å²) in [5.41, 5.74) is 8.94. The summed E-state index contributed by atoms with van der Waals surface area (Å²) in [7, 11) is 0. The van der Waals surface area contributed by atoms with Crippen LogP contribution in [0.2, 0.25) is 0 Å². The minimum absolute atomic E-state index is 0.381. The Morgan fingerprint density at radius 2 is 1.81 bits per heavy atom. The Morgan fingerprint density at radius 3 is 2.62 bits per heavy atom. The second-order valence-electron chi connectivity index (χ2n) is 5.40. The zero-order chi connectivity index (χ0) is 14.5. The van der Waals surface area contributed by atoms with Crippen molar-refractivity contribution in [3.05, 3.63) is 65.7 Å². The summed E-state index contributed by atoms with van der Waals surface area (Å²) in [6.07, 6.45) is 1.14. The quantitative estimate of drug-likeness (QED) is 0.859. The van der Waals surface area contributed by atoms with Gasteiger partial charge in [-0.1, -0.05) is 42.5 Å². The molecule has 0 amide bonds. The fraction of sp³-hybridized carbons (Fsp3) is 0.333. The van der Waals surface area contributed by atoms with Crippen LogP contribution in [-0.4, -0.2) is 30.3 Å². The molecule has 0 aliphatic carbocycles. The van der Waals surface area contributed by atoms with E-state index in [1.807, 2.05) is 11.8 Å². The molecule has 1 aliphatic heterocycles. The van der Waals surface area contributed by atoms with Gasteiger partial charge in [-0.15, -0.1) is 11.8 Å². The topological polar surface area (TPSA) is 29.3 Å². The van der Waals surface area contributed by atoms with Crippen molar-refractivity contribution in [1.29, 1.82) is 0 Å². The molecule has 2 N–H and O–H groups in total. The number of nitrogens with two attached hydrogens (primary N) is 1. The van der Waals surface area contributed by atoms with Gasteiger partial charge in [0.05, 0.1) is 0 Å². The maximum atomic E-state index is 6.04. The summed E-state index contributed by atoms with van der Waals surface area (Å²) in [6.45, 7) is 2.91. The van der Waals surface area contributed by atoms with Crippen LogP contribution in [0, 0.1) is 0 Å². The molecule has 0 radical (unpaired) electrons. The van der Waals surface area contributed by atoms with E-state index in [4.69, 9.17) is 5.73 Å². The summed E-state index contributed by atoms with van der Waals surface area (Å²) in [5, 5.41) is 0. The molecule has 3 rings (SSSR count). The molecule has 0 saturated heterocycles. The molecule has 2 aromatic carbocycles. The van der Waals surface area contributed by atoms with E-state index in [2.05, 4.69) is 59.5 Å². The van der Waals surface area contributed by atoms with Gasteiger partial charge in [0.1, 0.15) is 0 Å². The van der Waals surface area contributed by atoms with Gasteiger partial charge in [-0.25, -0.2) is 0 Å². The zero-order valence-electron chi connectivity index (χ0n) is 12.2. The molecule has 3 heteroatoms. The molecule has 2 aromatic rings. The van der Waals surface area contributed by atoms with E-state index in [0.717, 1.165) is 25.3 Å². The fourth-order valence-corrected chi connectivity index (χ4v) is 3.96. The summed E-state index contributed by atoms with van der Waals surface area (Å²) in [6, 6.07) is 19.7. The van der Waals surface area contributed by atoms with Crippen LogP contribution in [0.5, 0.6) is 0 Å². The van der Waals surface area contributed by atoms with Gasteiger partial charge in [-0.05, 0) is 29.7 Å². The molecular formula is C18H22N2S. The largest absolute Gasteiger partial charge is 0.329 e. The van der Waals surface area contributed by atoms with E-state index in [0.29, 0.717) is 12.6 Å². The molecule has 1 atom stereocenters. The van der Waals surface area contributed by atoms with Gasteiger partial charge < -0.3 is 5.73 Å². The average Bonchev–Trinajstić information content (AvgIpc) is 2.55. The average molecular weight is 298 g/mol. The van der Waals surface area contributed by atoms with Crippen molar-refractivity contribution in [1.82, 2.24) is 4.90 Å². The second kappa shape index (κ2) is 7.12. The van der Waals surface area contributed by atoms with Gasteiger partial charge >= 0.3 is 0 Å². The molecule has 0 spiro atoms. The Bertz CT molecular complexity index is 570. The van der Waals surface area contributed by atoms with Crippen LogP contribution < -0.4 is 5.73 Å². The van der Waals surface area contributed by atoms with Crippen LogP contribution >= 0.6 is 11.8 Å². The van der Waals surface area contributed by atoms with E-state index in [-0.39, 0.29) is 0 Å². The monoisotopic (exact) mass is 298 g/mol. The number of thioether (sulfide) groups is 1. The summed E-state index contributed by atoms with van der Waals surface area (Å²) in [5.74, 6) is 1.11. The molecule has 110 valence electrons. The SMILES string of the molecule is NCC1c2ccccc2CCN1CCSc1ccccc1. The van der Waals surface area contributed by atoms with Crippen molar-refractivity contribution >= 4 is 11.8 Å². The Balaban J connectivity index is 1.61. The molecule has 2 nitrogen and oxygen atoms in total. The standard InChI is InChI=1S/C18H22N2S/c19-14-18-17-9-5-4-6-15(17)10-11-20(18)12-13-21-16-7-2-1-3-8-16/h1-9,18H,10-14,19H2. The van der Waals surface area contributed by atoms with E-state index in [9.17, 15) is 0 Å². The molecule has 0 aromatic heterocycles. The van der Waals surface area contributed by atoms with Gasteiger partial charge in [0.2, 0.25) is 0 Å². The molecular weight excluding hydrogens is 276 g/mol. The highest BCUT2D eigenvalue weighted by Crippen LogP contribution is 2.29. The first-order valence-electron chi connectivity index (χ1n) is 7.58. The highest BCUT2D eigenvalue weighted by molar-refractivity contribution is 7.99. The first-order valence-corrected chi connectivity index (χ1v) is 8.57. The van der Waals surface area contributed by atoms with Crippen LogP contribution in [0.3, 0.4) is 0 Å². The van der Waals surface area contributed by atoms with Crippen molar-refractivity contribution in [2.75, 3.05) is 25.4 Å². The first kappa shape index (κ1) is 14.6. The van der Waals surface area contributed by atoms with Crippen LogP contribution in [-0.2, 0) is 6.42 Å². The van der Waals surface area contributed by atoms with Crippen molar-refractivity contribution in [2.24, 2.45) is 5.73 Å². The first-order chi connectivity index (χ1) is 10.4. The lowest BCUT2D eigenvalue weighted by Gasteiger charge is -2.36. The maximum Gasteiger partial charge on any atom is 0.0473 e. The lowest BCUT2D eigenvalue weighted by Crippen LogP contribution is -2.40. The summed E-state index contributed by atoms with van der Waals surface area (Å²) < 4.78 is 0. The third kappa shape index (κ3) is 3.49. The van der Waals surface area contributed by atoms with E-state index in [1.54, 1.807) is 0 Å². The number of hydrogen-bond acceptors (Lipinski definition) is 3. The van der Waals surface area contributed by atoms with Crippen molar-refractivity contribution < 1.29 is 0 Å². The Morgan fingerprint density at radius 1 is 1.05 bits per heavy atom. The molecule has 0 saturated carbocycles. The van der Waals surface area contributed by atoms with Crippen LogP contribution in [0.4, 0.5) is 0 Å². The minimum Gasteiger partial charge on any atom is -0.329 e.